The summed E-state index contributed by atoms with van der Waals surface area (Å²) in [6.45, 7) is 1.87. The largest absolute Gasteiger partial charge is 0.494 e. The van der Waals surface area contributed by atoms with E-state index < -0.39 is 11.9 Å². The minimum absolute atomic E-state index is 0.176. The van der Waals surface area contributed by atoms with Gasteiger partial charge in [0, 0.05) is 19.0 Å². The third-order valence-electron chi connectivity index (χ3n) is 3.01. The van der Waals surface area contributed by atoms with Crippen LogP contribution >= 0.6 is 0 Å². The molecule has 2 rings (SSSR count). The summed E-state index contributed by atoms with van der Waals surface area (Å²) >= 11 is 0. The number of ether oxygens (including phenoxy) is 1. The Morgan fingerprint density at radius 2 is 2.16 bits per heavy atom. The first-order valence-electron chi connectivity index (χ1n) is 5.97. The lowest BCUT2D eigenvalue weighted by Crippen LogP contribution is -2.42. The fourth-order valence-electron chi connectivity index (χ4n) is 2.05. The first kappa shape index (κ1) is 13.3. The minimum atomic E-state index is -0.607. The van der Waals surface area contributed by atoms with Crippen molar-refractivity contribution in [3.05, 3.63) is 24.0 Å². The molecule has 1 saturated heterocycles. The highest BCUT2D eigenvalue weighted by Crippen LogP contribution is 2.30. The molecule has 19 heavy (non-hydrogen) atoms. The first-order valence-corrected chi connectivity index (χ1v) is 5.97. The summed E-state index contributed by atoms with van der Waals surface area (Å²) in [4.78, 5) is 25.1. The summed E-state index contributed by atoms with van der Waals surface area (Å²) in [6, 6.07) is 3.35. The third kappa shape index (κ3) is 2.67. The quantitative estimate of drug-likeness (QED) is 0.871. The predicted molar refractivity (Wildman–Crippen MR) is 67.5 cm³/mol. The summed E-state index contributed by atoms with van der Waals surface area (Å²) in [5.74, 6) is -0.583. The van der Waals surface area contributed by atoms with E-state index in [0.717, 1.165) is 0 Å². The van der Waals surface area contributed by atoms with Gasteiger partial charge in [-0.25, -0.2) is 4.39 Å². The lowest BCUT2D eigenvalue weighted by Gasteiger charge is -2.24. The van der Waals surface area contributed by atoms with E-state index >= 15 is 0 Å². The molecule has 1 aliphatic rings. The van der Waals surface area contributed by atoms with Gasteiger partial charge < -0.3 is 15.0 Å². The van der Waals surface area contributed by atoms with Crippen LogP contribution in [0.15, 0.2) is 18.2 Å². The monoisotopic (exact) mass is 266 g/mol. The van der Waals surface area contributed by atoms with Crippen molar-refractivity contribution in [2.75, 3.05) is 18.6 Å². The Morgan fingerprint density at radius 1 is 1.42 bits per heavy atom. The van der Waals surface area contributed by atoms with E-state index in [9.17, 15) is 14.0 Å². The average molecular weight is 266 g/mol. The number of carbonyl (C=O) groups excluding carboxylic acids is 2. The highest BCUT2D eigenvalue weighted by atomic mass is 19.1. The van der Waals surface area contributed by atoms with E-state index in [0.29, 0.717) is 5.69 Å². The van der Waals surface area contributed by atoms with Crippen LogP contribution in [0, 0.1) is 5.82 Å². The third-order valence-corrected chi connectivity index (χ3v) is 3.01. The Morgan fingerprint density at radius 3 is 2.84 bits per heavy atom. The fourth-order valence-corrected chi connectivity index (χ4v) is 2.05. The molecule has 5 nitrogen and oxygen atoms in total. The van der Waals surface area contributed by atoms with Crippen LogP contribution < -0.4 is 15.0 Å². The van der Waals surface area contributed by atoms with Crippen molar-refractivity contribution in [1.82, 2.24) is 5.32 Å². The molecule has 1 atom stereocenters. The second-order valence-electron chi connectivity index (χ2n) is 4.35. The van der Waals surface area contributed by atoms with Gasteiger partial charge in [0.15, 0.2) is 0 Å². The van der Waals surface area contributed by atoms with Crippen LogP contribution in [0.4, 0.5) is 10.1 Å². The Labute approximate surface area is 110 Å². The van der Waals surface area contributed by atoms with E-state index in [-0.39, 0.29) is 30.5 Å². The highest BCUT2D eigenvalue weighted by Gasteiger charge is 2.29. The Bertz CT molecular complexity index is 519. The normalized spacial score (nSPS) is 19.9. The SMILES string of the molecule is COc1cc(F)ccc1N1CCC(=O)NC(C)C1=O. The smallest absolute Gasteiger partial charge is 0.249 e. The standard InChI is InChI=1S/C13H15FN2O3/c1-8-13(18)16(6-5-12(17)15-8)10-4-3-9(14)7-11(10)19-2/h3-4,7-8H,5-6H2,1-2H3,(H,15,17). The summed E-state index contributed by atoms with van der Waals surface area (Å²) in [5.41, 5.74) is 0.470. The number of rotatable bonds is 2. The van der Waals surface area contributed by atoms with Crippen LogP contribution in [-0.2, 0) is 9.59 Å². The number of halogens is 1. The number of methoxy groups -OCH3 is 1. The van der Waals surface area contributed by atoms with E-state index in [4.69, 9.17) is 4.74 Å². The molecule has 1 heterocycles. The van der Waals surface area contributed by atoms with Crippen LogP contribution in [0.5, 0.6) is 5.75 Å². The highest BCUT2D eigenvalue weighted by molar-refractivity contribution is 6.01. The van der Waals surface area contributed by atoms with Crippen molar-refractivity contribution in [2.24, 2.45) is 0 Å². The molecule has 0 spiro atoms. The van der Waals surface area contributed by atoms with Crippen LogP contribution in [0.25, 0.3) is 0 Å². The second-order valence-corrected chi connectivity index (χ2v) is 4.35. The molecule has 0 saturated carbocycles. The van der Waals surface area contributed by atoms with Gasteiger partial charge in [-0.05, 0) is 19.1 Å². The van der Waals surface area contributed by atoms with Gasteiger partial charge in [-0.1, -0.05) is 0 Å². The molecule has 6 heteroatoms. The van der Waals surface area contributed by atoms with Crippen LogP contribution in [0.1, 0.15) is 13.3 Å². The summed E-state index contributed by atoms with van der Waals surface area (Å²) in [6.07, 6.45) is 0.205. The van der Waals surface area contributed by atoms with Gasteiger partial charge in [-0.2, -0.15) is 0 Å². The number of amides is 2. The molecule has 1 aliphatic heterocycles. The molecule has 0 aliphatic carbocycles. The fraction of sp³-hybridized carbons (Fsp3) is 0.385. The predicted octanol–water partition coefficient (Wildman–Crippen LogP) is 1.08. The summed E-state index contributed by atoms with van der Waals surface area (Å²) in [5, 5.41) is 2.60. The van der Waals surface area contributed by atoms with Crippen molar-refractivity contribution in [3.63, 3.8) is 0 Å². The molecule has 0 radical (unpaired) electrons. The number of hydrogen-bond acceptors (Lipinski definition) is 3. The van der Waals surface area contributed by atoms with Crippen LogP contribution in [-0.4, -0.2) is 31.5 Å². The van der Waals surface area contributed by atoms with Crippen molar-refractivity contribution in [3.8, 4) is 5.75 Å². The number of nitrogens with one attached hydrogen (secondary N) is 1. The second kappa shape index (κ2) is 5.26. The molecule has 1 unspecified atom stereocenters. The molecule has 1 N–H and O–H groups in total. The van der Waals surface area contributed by atoms with Gasteiger partial charge in [0.1, 0.15) is 17.6 Å². The van der Waals surface area contributed by atoms with Gasteiger partial charge in [-0.15, -0.1) is 0 Å². The molecule has 0 bridgehead atoms. The topological polar surface area (TPSA) is 58.6 Å². The molecule has 102 valence electrons. The van der Waals surface area contributed by atoms with Gasteiger partial charge in [0.2, 0.25) is 11.8 Å². The zero-order chi connectivity index (χ0) is 14.0. The lowest BCUT2D eigenvalue weighted by molar-refractivity contribution is -0.125. The van der Waals surface area contributed by atoms with Crippen molar-refractivity contribution in [1.29, 1.82) is 0 Å². The number of benzene rings is 1. The van der Waals surface area contributed by atoms with E-state index in [1.807, 2.05) is 0 Å². The lowest BCUT2D eigenvalue weighted by atomic mass is 10.2. The Kier molecular flexibility index (Phi) is 3.69. The molecule has 2 amide bonds. The first-order chi connectivity index (χ1) is 9.02. The maximum Gasteiger partial charge on any atom is 0.249 e. The maximum atomic E-state index is 13.2. The van der Waals surface area contributed by atoms with Gasteiger partial charge in [0.25, 0.3) is 0 Å². The van der Waals surface area contributed by atoms with Crippen LogP contribution in [0.3, 0.4) is 0 Å². The number of carbonyl (C=O) groups is 2. The minimum Gasteiger partial charge on any atom is -0.494 e. The van der Waals surface area contributed by atoms with Crippen molar-refractivity contribution in [2.45, 2.75) is 19.4 Å². The number of nitrogens with zero attached hydrogens (tertiary/aromatic N) is 1. The van der Waals surface area contributed by atoms with Crippen molar-refractivity contribution >= 4 is 17.5 Å². The Balaban J connectivity index is 2.39. The van der Waals surface area contributed by atoms with E-state index in [1.165, 1.54) is 30.2 Å². The zero-order valence-corrected chi connectivity index (χ0v) is 10.8. The Hall–Kier alpha value is -2.11. The molecule has 1 aromatic carbocycles. The molecular weight excluding hydrogens is 251 g/mol. The van der Waals surface area contributed by atoms with E-state index in [2.05, 4.69) is 5.32 Å². The molecule has 1 fully saturated rings. The zero-order valence-electron chi connectivity index (χ0n) is 10.8. The molecular formula is C13H15FN2O3. The van der Waals surface area contributed by atoms with E-state index in [1.54, 1.807) is 6.92 Å². The number of anilines is 1. The van der Waals surface area contributed by atoms with Gasteiger partial charge in [-0.3, -0.25) is 9.59 Å². The number of hydrogen-bond donors (Lipinski definition) is 1. The molecule has 0 aromatic heterocycles. The molecule has 1 aromatic rings. The average Bonchev–Trinajstić information content (AvgIpc) is 2.50. The van der Waals surface area contributed by atoms with Crippen molar-refractivity contribution < 1.29 is 18.7 Å². The van der Waals surface area contributed by atoms with Gasteiger partial charge in [0.05, 0.1) is 12.8 Å². The van der Waals surface area contributed by atoms with Crippen LogP contribution in [0.2, 0.25) is 0 Å². The van der Waals surface area contributed by atoms with Gasteiger partial charge >= 0.3 is 0 Å². The summed E-state index contributed by atoms with van der Waals surface area (Å²) < 4.78 is 18.3. The summed E-state index contributed by atoms with van der Waals surface area (Å²) in [7, 11) is 1.41. The maximum absolute atomic E-state index is 13.2.